The molecule has 0 aromatic heterocycles. The normalized spacial score (nSPS) is 19.2. The van der Waals surface area contributed by atoms with Crippen LogP contribution < -0.4 is 5.32 Å². The molecule has 18 heavy (non-hydrogen) atoms. The van der Waals surface area contributed by atoms with E-state index in [9.17, 15) is 5.11 Å². The zero-order valence-corrected chi connectivity index (χ0v) is 12.2. The van der Waals surface area contributed by atoms with Gasteiger partial charge < -0.3 is 20.1 Å². The van der Waals surface area contributed by atoms with Crippen molar-refractivity contribution in [3.05, 3.63) is 0 Å². The molecule has 1 aliphatic carbocycles. The van der Waals surface area contributed by atoms with Gasteiger partial charge in [-0.1, -0.05) is 6.92 Å². The molecule has 4 nitrogen and oxygen atoms in total. The smallest absolute Gasteiger partial charge is 0.0613 e. The predicted molar refractivity (Wildman–Crippen MR) is 74.9 cm³/mol. The minimum Gasteiger partial charge on any atom is -0.394 e. The fourth-order valence-electron chi connectivity index (χ4n) is 2.29. The van der Waals surface area contributed by atoms with Crippen molar-refractivity contribution in [2.45, 2.75) is 50.6 Å². The second kappa shape index (κ2) is 8.10. The number of aliphatic hydroxyl groups excluding tert-OH is 1. The number of nitrogens with one attached hydrogen (secondary N) is 1. The van der Waals surface area contributed by atoms with Crippen LogP contribution in [0.3, 0.4) is 0 Å². The Labute approximate surface area is 112 Å². The number of hydrogen-bond acceptors (Lipinski definition) is 4. The molecule has 1 aliphatic rings. The summed E-state index contributed by atoms with van der Waals surface area (Å²) in [5.74, 6) is 0. The third-order valence-corrected chi connectivity index (χ3v) is 3.94. The number of likely N-dealkylation sites (N-methyl/N-ethyl adjacent to an activating group) is 1. The van der Waals surface area contributed by atoms with E-state index in [0.29, 0.717) is 6.04 Å². The van der Waals surface area contributed by atoms with E-state index < -0.39 is 0 Å². The summed E-state index contributed by atoms with van der Waals surface area (Å²) in [4.78, 5) is 2.29. The quantitative estimate of drug-likeness (QED) is 0.585. The van der Waals surface area contributed by atoms with Crippen LogP contribution in [0.15, 0.2) is 0 Å². The first-order valence-electron chi connectivity index (χ1n) is 7.22. The van der Waals surface area contributed by atoms with Gasteiger partial charge in [0, 0.05) is 25.2 Å². The summed E-state index contributed by atoms with van der Waals surface area (Å²) in [6.07, 6.45) is 5.72. The van der Waals surface area contributed by atoms with Crippen molar-refractivity contribution in [3.8, 4) is 0 Å². The highest BCUT2D eigenvalue weighted by Gasteiger charge is 2.33. The minimum atomic E-state index is -0.0523. The molecule has 1 fully saturated rings. The minimum absolute atomic E-state index is 0.0523. The zero-order chi connectivity index (χ0) is 13.4. The maximum atomic E-state index is 9.66. The Balaban J connectivity index is 2.23. The summed E-state index contributed by atoms with van der Waals surface area (Å²) in [7, 11) is 3.86. The van der Waals surface area contributed by atoms with Gasteiger partial charge in [-0.05, 0) is 45.7 Å². The van der Waals surface area contributed by atoms with Crippen LogP contribution in [0.1, 0.15) is 39.0 Å². The van der Waals surface area contributed by atoms with Crippen molar-refractivity contribution in [3.63, 3.8) is 0 Å². The molecule has 1 saturated carbocycles. The van der Waals surface area contributed by atoms with Crippen LogP contribution in [-0.2, 0) is 4.74 Å². The highest BCUT2D eigenvalue weighted by Crippen LogP contribution is 2.26. The molecule has 0 aromatic carbocycles. The van der Waals surface area contributed by atoms with E-state index in [-0.39, 0.29) is 12.1 Å². The summed E-state index contributed by atoms with van der Waals surface area (Å²) in [5, 5.41) is 13.3. The number of rotatable bonds is 11. The topological polar surface area (TPSA) is 44.7 Å². The second-order valence-electron chi connectivity index (χ2n) is 5.61. The third kappa shape index (κ3) is 5.65. The van der Waals surface area contributed by atoms with Crippen molar-refractivity contribution in [1.82, 2.24) is 10.2 Å². The van der Waals surface area contributed by atoms with Crippen LogP contribution in [0.25, 0.3) is 0 Å². The van der Waals surface area contributed by atoms with Crippen LogP contribution in [0.2, 0.25) is 0 Å². The van der Waals surface area contributed by atoms with Crippen molar-refractivity contribution in [2.75, 3.05) is 40.5 Å². The Morgan fingerprint density at radius 1 is 1.39 bits per heavy atom. The molecule has 4 heteroatoms. The lowest BCUT2D eigenvalue weighted by Crippen LogP contribution is -2.49. The first kappa shape index (κ1) is 15.9. The van der Waals surface area contributed by atoms with Crippen LogP contribution in [0.4, 0.5) is 0 Å². The van der Waals surface area contributed by atoms with Gasteiger partial charge in [-0.3, -0.25) is 0 Å². The molecule has 0 amide bonds. The molecule has 1 rings (SSSR count). The molecule has 0 saturated heterocycles. The highest BCUT2D eigenvalue weighted by molar-refractivity contribution is 4.94. The van der Waals surface area contributed by atoms with Crippen molar-refractivity contribution < 1.29 is 9.84 Å². The molecular weight excluding hydrogens is 228 g/mol. The Bertz CT molecular complexity index is 216. The van der Waals surface area contributed by atoms with Crippen LogP contribution in [0, 0.1) is 0 Å². The van der Waals surface area contributed by atoms with Crippen molar-refractivity contribution in [2.24, 2.45) is 0 Å². The van der Waals surface area contributed by atoms with Gasteiger partial charge in [-0.2, -0.15) is 0 Å². The van der Waals surface area contributed by atoms with Crippen LogP contribution in [0.5, 0.6) is 0 Å². The fraction of sp³-hybridized carbons (Fsp3) is 1.00. The summed E-state index contributed by atoms with van der Waals surface area (Å²) in [6, 6.07) is 0.656. The molecular formula is C14H30N2O2. The van der Waals surface area contributed by atoms with Gasteiger partial charge in [0.05, 0.1) is 13.2 Å². The maximum absolute atomic E-state index is 9.66. The fourth-order valence-corrected chi connectivity index (χ4v) is 2.29. The van der Waals surface area contributed by atoms with E-state index in [1.807, 2.05) is 0 Å². The van der Waals surface area contributed by atoms with Crippen molar-refractivity contribution in [1.29, 1.82) is 0 Å². The molecule has 1 atom stereocenters. The first-order valence-corrected chi connectivity index (χ1v) is 7.22. The van der Waals surface area contributed by atoms with Gasteiger partial charge in [0.25, 0.3) is 0 Å². The lowest BCUT2D eigenvalue weighted by Gasteiger charge is -2.33. The first-order chi connectivity index (χ1) is 8.65. The Morgan fingerprint density at radius 2 is 2.11 bits per heavy atom. The molecule has 2 N–H and O–H groups in total. The number of methoxy groups -OCH3 is 1. The van der Waals surface area contributed by atoms with E-state index in [1.165, 1.54) is 12.8 Å². The van der Waals surface area contributed by atoms with E-state index in [1.54, 1.807) is 7.11 Å². The molecule has 0 radical (unpaired) electrons. The average Bonchev–Trinajstić information content (AvgIpc) is 3.19. The molecule has 0 spiro atoms. The summed E-state index contributed by atoms with van der Waals surface area (Å²) in [6.45, 7) is 5.25. The number of ether oxygens (including phenoxy) is 1. The van der Waals surface area contributed by atoms with Gasteiger partial charge in [-0.15, -0.1) is 0 Å². The summed E-state index contributed by atoms with van der Waals surface area (Å²) < 4.78 is 5.07. The van der Waals surface area contributed by atoms with Crippen molar-refractivity contribution >= 4 is 0 Å². The van der Waals surface area contributed by atoms with E-state index >= 15 is 0 Å². The number of nitrogens with zero attached hydrogens (tertiary/aromatic N) is 1. The lowest BCUT2D eigenvalue weighted by molar-refractivity contribution is 0.131. The summed E-state index contributed by atoms with van der Waals surface area (Å²) >= 11 is 0. The molecule has 1 unspecified atom stereocenters. The van der Waals surface area contributed by atoms with Gasteiger partial charge in [-0.25, -0.2) is 0 Å². The molecule has 108 valence electrons. The van der Waals surface area contributed by atoms with E-state index in [0.717, 1.165) is 39.0 Å². The Morgan fingerprint density at radius 3 is 2.61 bits per heavy atom. The maximum Gasteiger partial charge on any atom is 0.0613 e. The lowest BCUT2D eigenvalue weighted by atomic mass is 9.91. The SMILES string of the molecule is CCC(CO)(CCCN(C)CCOC)NC1CC1. The Hall–Kier alpha value is -0.160. The molecule has 0 bridgehead atoms. The average molecular weight is 258 g/mol. The largest absolute Gasteiger partial charge is 0.394 e. The van der Waals surface area contributed by atoms with Gasteiger partial charge in [0.2, 0.25) is 0 Å². The van der Waals surface area contributed by atoms with Gasteiger partial charge in [0.1, 0.15) is 0 Å². The standard InChI is InChI=1S/C14H30N2O2/c1-4-14(12-17,15-13-6-7-13)8-5-9-16(2)10-11-18-3/h13,15,17H,4-12H2,1-3H3. The van der Waals surface area contributed by atoms with Gasteiger partial charge in [0.15, 0.2) is 0 Å². The Kier molecular flexibility index (Phi) is 7.15. The molecule has 0 aliphatic heterocycles. The van der Waals surface area contributed by atoms with E-state index in [2.05, 4.69) is 24.2 Å². The van der Waals surface area contributed by atoms with Crippen LogP contribution in [-0.4, -0.2) is 62.0 Å². The van der Waals surface area contributed by atoms with Gasteiger partial charge >= 0.3 is 0 Å². The van der Waals surface area contributed by atoms with E-state index in [4.69, 9.17) is 4.74 Å². The molecule has 0 heterocycles. The zero-order valence-electron chi connectivity index (χ0n) is 12.2. The second-order valence-corrected chi connectivity index (χ2v) is 5.61. The monoisotopic (exact) mass is 258 g/mol. The third-order valence-electron chi connectivity index (χ3n) is 3.94. The number of hydrogen-bond donors (Lipinski definition) is 2. The van der Waals surface area contributed by atoms with Crippen LogP contribution >= 0.6 is 0 Å². The summed E-state index contributed by atoms with van der Waals surface area (Å²) in [5.41, 5.74) is -0.0523. The predicted octanol–water partition coefficient (Wildman–Crippen LogP) is 1.24. The molecule has 0 aromatic rings. The number of aliphatic hydroxyl groups is 1. The highest BCUT2D eigenvalue weighted by atomic mass is 16.5.